The van der Waals surface area contributed by atoms with Crippen molar-refractivity contribution < 1.29 is 18.3 Å². The molecule has 0 aromatic rings. The predicted molar refractivity (Wildman–Crippen MR) is 70.9 cm³/mol. The molecule has 1 aliphatic carbocycles. The van der Waals surface area contributed by atoms with Crippen LogP contribution in [0.1, 0.15) is 32.1 Å². The monoisotopic (exact) mass is 290 g/mol. The Kier molecular flexibility index (Phi) is 4.47. The van der Waals surface area contributed by atoms with Crippen molar-refractivity contribution in [2.45, 2.75) is 44.2 Å². The van der Waals surface area contributed by atoms with Crippen LogP contribution in [0.15, 0.2) is 0 Å². The molecule has 1 saturated heterocycles. The second-order valence-corrected chi connectivity index (χ2v) is 7.47. The molecule has 1 amide bonds. The normalized spacial score (nSPS) is 32.6. The Balaban J connectivity index is 1.89. The number of nitrogens with one attached hydrogen (secondary N) is 1. The zero-order valence-electron chi connectivity index (χ0n) is 11.2. The summed E-state index contributed by atoms with van der Waals surface area (Å²) in [7, 11) is -3.32. The molecule has 0 aromatic heterocycles. The van der Waals surface area contributed by atoms with Crippen LogP contribution in [0.5, 0.6) is 0 Å². The minimum atomic E-state index is -3.32. The van der Waals surface area contributed by atoms with E-state index in [2.05, 4.69) is 5.32 Å². The minimum absolute atomic E-state index is 0.108. The van der Waals surface area contributed by atoms with E-state index in [-0.39, 0.29) is 17.9 Å². The highest BCUT2D eigenvalue weighted by Gasteiger charge is 2.36. The average Bonchev–Trinajstić information content (AvgIpc) is 2.93. The summed E-state index contributed by atoms with van der Waals surface area (Å²) in [5.74, 6) is -0.126. The number of carbonyl (C=O) groups excluding carboxylic acids is 1. The first kappa shape index (κ1) is 14.7. The van der Waals surface area contributed by atoms with E-state index in [9.17, 15) is 18.3 Å². The van der Waals surface area contributed by atoms with Gasteiger partial charge in [-0.05, 0) is 25.7 Å². The molecule has 1 aliphatic heterocycles. The first-order chi connectivity index (χ1) is 8.89. The van der Waals surface area contributed by atoms with Crippen LogP contribution in [0.3, 0.4) is 0 Å². The SMILES string of the molecule is CS(=O)(=O)N1CCCC1C(=O)NCC1CCCC1O. The molecule has 1 heterocycles. The van der Waals surface area contributed by atoms with Gasteiger partial charge in [0.1, 0.15) is 6.04 Å². The van der Waals surface area contributed by atoms with Crippen LogP contribution in [0.25, 0.3) is 0 Å². The van der Waals surface area contributed by atoms with E-state index in [1.807, 2.05) is 0 Å². The van der Waals surface area contributed by atoms with E-state index in [4.69, 9.17) is 0 Å². The lowest BCUT2D eigenvalue weighted by Gasteiger charge is -2.22. The van der Waals surface area contributed by atoms with Crippen molar-refractivity contribution in [1.29, 1.82) is 0 Å². The summed E-state index contributed by atoms with van der Waals surface area (Å²) in [5.41, 5.74) is 0. The highest BCUT2D eigenvalue weighted by molar-refractivity contribution is 7.88. The van der Waals surface area contributed by atoms with Gasteiger partial charge in [-0.3, -0.25) is 4.79 Å². The number of aliphatic hydroxyl groups excluding tert-OH is 1. The minimum Gasteiger partial charge on any atom is -0.393 e. The molecule has 110 valence electrons. The second-order valence-electron chi connectivity index (χ2n) is 5.54. The number of nitrogens with zero attached hydrogens (tertiary/aromatic N) is 1. The molecule has 0 spiro atoms. The summed E-state index contributed by atoms with van der Waals surface area (Å²) in [5, 5.41) is 12.5. The third kappa shape index (κ3) is 3.46. The Labute approximate surface area is 114 Å². The zero-order valence-corrected chi connectivity index (χ0v) is 12.0. The van der Waals surface area contributed by atoms with Crippen LogP contribution in [0.4, 0.5) is 0 Å². The first-order valence-electron chi connectivity index (χ1n) is 6.82. The fraction of sp³-hybridized carbons (Fsp3) is 0.917. The van der Waals surface area contributed by atoms with Gasteiger partial charge in [0.25, 0.3) is 0 Å². The van der Waals surface area contributed by atoms with Crippen molar-refractivity contribution in [1.82, 2.24) is 9.62 Å². The molecular formula is C12H22N2O4S. The van der Waals surface area contributed by atoms with Crippen molar-refractivity contribution in [2.75, 3.05) is 19.3 Å². The molecule has 2 N–H and O–H groups in total. The second kappa shape index (κ2) is 5.76. The van der Waals surface area contributed by atoms with Crippen LogP contribution in [0.2, 0.25) is 0 Å². The highest BCUT2D eigenvalue weighted by atomic mass is 32.2. The molecule has 0 radical (unpaired) electrons. The first-order valence-corrected chi connectivity index (χ1v) is 8.67. The van der Waals surface area contributed by atoms with Crippen molar-refractivity contribution in [3.8, 4) is 0 Å². The topological polar surface area (TPSA) is 86.7 Å². The van der Waals surface area contributed by atoms with Crippen molar-refractivity contribution >= 4 is 15.9 Å². The maximum absolute atomic E-state index is 12.1. The van der Waals surface area contributed by atoms with Crippen LogP contribution < -0.4 is 5.32 Å². The molecule has 19 heavy (non-hydrogen) atoms. The van der Waals surface area contributed by atoms with Gasteiger partial charge in [0.2, 0.25) is 15.9 Å². The van der Waals surface area contributed by atoms with Crippen molar-refractivity contribution in [2.24, 2.45) is 5.92 Å². The fourth-order valence-corrected chi connectivity index (χ4v) is 4.13. The van der Waals surface area contributed by atoms with Crippen molar-refractivity contribution in [3.05, 3.63) is 0 Å². The van der Waals surface area contributed by atoms with Gasteiger partial charge in [-0.2, -0.15) is 4.31 Å². The molecule has 2 aliphatic rings. The number of aliphatic hydroxyl groups is 1. The van der Waals surface area contributed by atoms with Gasteiger partial charge in [-0.1, -0.05) is 6.42 Å². The number of hydrogen-bond acceptors (Lipinski definition) is 4. The molecular weight excluding hydrogens is 268 g/mol. The lowest BCUT2D eigenvalue weighted by atomic mass is 10.1. The Morgan fingerprint density at radius 1 is 1.32 bits per heavy atom. The zero-order chi connectivity index (χ0) is 14.0. The largest absolute Gasteiger partial charge is 0.393 e. The van der Waals surface area contributed by atoms with Gasteiger partial charge in [0, 0.05) is 19.0 Å². The van der Waals surface area contributed by atoms with Gasteiger partial charge >= 0.3 is 0 Å². The van der Waals surface area contributed by atoms with E-state index in [0.29, 0.717) is 19.5 Å². The number of carbonyl (C=O) groups is 1. The maximum Gasteiger partial charge on any atom is 0.238 e. The van der Waals surface area contributed by atoms with E-state index >= 15 is 0 Å². The fourth-order valence-electron chi connectivity index (χ4n) is 3.00. The van der Waals surface area contributed by atoms with E-state index in [1.54, 1.807) is 0 Å². The number of rotatable bonds is 4. The Bertz CT molecular complexity index is 437. The quantitative estimate of drug-likeness (QED) is 0.743. The molecule has 1 saturated carbocycles. The molecule has 7 heteroatoms. The van der Waals surface area contributed by atoms with Crippen LogP contribution in [-0.4, -0.2) is 55.2 Å². The molecule has 0 aromatic carbocycles. The maximum atomic E-state index is 12.1. The van der Waals surface area contributed by atoms with Gasteiger partial charge in [0.15, 0.2) is 0 Å². The Morgan fingerprint density at radius 3 is 2.63 bits per heavy atom. The summed E-state index contributed by atoms with van der Waals surface area (Å²) in [6, 6.07) is -0.575. The summed E-state index contributed by atoms with van der Waals surface area (Å²) >= 11 is 0. The number of amides is 1. The standard InChI is InChI=1S/C12H22N2O4S/c1-19(17,18)14-7-3-5-10(14)12(16)13-8-9-4-2-6-11(9)15/h9-11,15H,2-8H2,1H3,(H,13,16). The molecule has 0 bridgehead atoms. The third-order valence-electron chi connectivity index (χ3n) is 4.09. The molecule has 2 rings (SSSR count). The lowest BCUT2D eigenvalue weighted by Crippen LogP contribution is -2.47. The summed E-state index contributed by atoms with van der Waals surface area (Å²) in [6.45, 7) is 0.858. The molecule has 3 atom stereocenters. The predicted octanol–water partition coefficient (Wildman–Crippen LogP) is -0.312. The van der Waals surface area contributed by atoms with Crippen molar-refractivity contribution in [3.63, 3.8) is 0 Å². The average molecular weight is 290 g/mol. The van der Waals surface area contributed by atoms with Crippen LogP contribution >= 0.6 is 0 Å². The van der Waals surface area contributed by atoms with Crippen LogP contribution in [-0.2, 0) is 14.8 Å². The Hall–Kier alpha value is -0.660. The molecule has 2 fully saturated rings. The summed E-state index contributed by atoms with van der Waals surface area (Å²) < 4.78 is 24.4. The molecule has 6 nitrogen and oxygen atoms in total. The number of hydrogen-bond donors (Lipinski definition) is 2. The summed E-state index contributed by atoms with van der Waals surface area (Å²) in [6.07, 6.45) is 4.79. The third-order valence-corrected chi connectivity index (χ3v) is 5.38. The van der Waals surface area contributed by atoms with Gasteiger partial charge in [-0.25, -0.2) is 8.42 Å². The van der Waals surface area contributed by atoms with Crippen LogP contribution in [0, 0.1) is 5.92 Å². The van der Waals surface area contributed by atoms with E-state index in [0.717, 1.165) is 31.9 Å². The summed E-state index contributed by atoms with van der Waals surface area (Å²) in [4.78, 5) is 12.1. The lowest BCUT2D eigenvalue weighted by molar-refractivity contribution is -0.124. The van der Waals surface area contributed by atoms with E-state index < -0.39 is 16.1 Å². The Morgan fingerprint density at radius 2 is 2.05 bits per heavy atom. The smallest absolute Gasteiger partial charge is 0.238 e. The van der Waals surface area contributed by atoms with Gasteiger partial charge in [-0.15, -0.1) is 0 Å². The van der Waals surface area contributed by atoms with E-state index in [1.165, 1.54) is 4.31 Å². The van der Waals surface area contributed by atoms with Gasteiger partial charge in [0.05, 0.1) is 12.4 Å². The highest BCUT2D eigenvalue weighted by Crippen LogP contribution is 2.25. The van der Waals surface area contributed by atoms with Gasteiger partial charge < -0.3 is 10.4 Å². The molecule has 3 unspecified atom stereocenters. The number of sulfonamides is 1.